The highest BCUT2D eigenvalue weighted by Crippen LogP contribution is 2.37. The van der Waals surface area contributed by atoms with Crippen LogP contribution in [0.25, 0.3) is 0 Å². The van der Waals surface area contributed by atoms with Crippen molar-refractivity contribution in [1.29, 1.82) is 0 Å². The Balaban J connectivity index is 2.13. The van der Waals surface area contributed by atoms with Gasteiger partial charge >= 0.3 is 0 Å². The first-order chi connectivity index (χ1) is 6.76. The first-order valence-corrected chi connectivity index (χ1v) is 5.61. The molecule has 2 nitrogen and oxygen atoms in total. The Morgan fingerprint density at radius 2 is 2.29 bits per heavy atom. The molecule has 14 heavy (non-hydrogen) atoms. The molecule has 0 bridgehead atoms. The Morgan fingerprint density at radius 1 is 1.50 bits per heavy atom. The molecule has 4 heteroatoms. The molecule has 0 spiro atoms. The fraction of sp³-hybridized carbons (Fsp3) is 0.500. The standard InChI is InChI=1S/C10H12Cl2N2/c11-7-10(3-1-4-10)14-9-2-5-13-6-8(9)12/h2,5-6H,1,3-4,7H2,(H,13,14). The summed E-state index contributed by atoms with van der Waals surface area (Å²) in [5, 5.41) is 4.06. The quantitative estimate of drug-likeness (QED) is 0.807. The van der Waals surface area contributed by atoms with Crippen LogP contribution in [0, 0.1) is 0 Å². The summed E-state index contributed by atoms with van der Waals surface area (Å²) >= 11 is 11.9. The number of alkyl halides is 1. The number of rotatable bonds is 3. The number of hydrogen-bond donors (Lipinski definition) is 1. The summed E-state index contributed by atoms with van der Waals surface area (Å²) in [6.45, 7) is 0. The Morgan fingerprint density at radius 3 is 2.79 bits per heavy atom. The lowest BCUT2D eigenvalue weighted by Crippen LogP contribution is -2.46. The van der Waals surface area contributed by atoms with E-state index in [0.717, 1.165) is 18.5 Å². The van der Waals surface area contributed by atoms with Gasteiger partial charge in [0.25, 0.3) is 0 Å². The third kappa shape index (κ3) is 1.82. The second-order valence-corrected chi connectivity index (χ2v) is 4.42. The van der Waals surface area contributed by atoms with Crippen LogP contribution in [0.15, 0.2) is 18.5 Å². The van der Waals surface area contributed by atoms with Crippen molar-refractivity contribution in [3.63, 3.8) is 0 Å². The molecular formula is C10H12Cl2N2. The molecule has 0 amide bonds. The largest absolute Gasteiger partial charge is 0.377 e. The van der Waals surface area contributed by atoms with Crippen LogP contribution in [0.2, 0.25) is 5.02 Å². The fourth-order valence-corrected chi connectivity index (χ4v) is 2.16. The zero-order chi connectivity index (χ0) is 10.0. The third-order valence-corrected chi connectivity index (χ3v) is 3.55. The van der Waals surface area contributed by atoms with Crippen LogP contribution in [-0.4, -0.2) is 16.4 Å². The zero-order valence-corrected chi connectivity index (χ0v) is 9.28. The van der Waals surface area contributed by atoms with Crippen molar-refractivity contribution in [2.24, 2.45) is 0 Å². The van der Waals surface area contributed by atoms with Gasteiger partial charge in [0.2, 0.25) is 0 Å². The highest BCUT2D eigenvalue weighted by molar-refractivity contribution is 6.33. The predicted molar refractivity (Wildman–Crippen MR) is 60.2 cm³/mol. The van der Waals surface area contributed by atoms with Gasteiger partial charge in [-0.15, -0.1) is 11.6 Å². The molecule has 0 radical (unpaired) electrons. The Hall–Kier alpha value is -0.470. The first kappa shape index (κ1) is 10.1. The fourth-order valence-electron chi connectivity index (χ4n) is 1.66. The van der Waals surface area contributed by atoms with E-state index in [1.807, 2.05) is 6.07 Å². The predicted octanol–water partition coefficient (Wildman–Crippen LogP) is 3.31. The molecule has 2 rings (SSSR count). The van der Waals surface area contributed by atoms with Crippen molar-refractivity contribution in [3.05, 3.63) is 23.5 Å². The van der Waals surface area contributed by atoms with E-state index in [9.17, 15) is 0 Å². The van der Waals surface area contributed by atoms with Gasteiger partial charge in [0.05, 0.1) is 16.2 Å². The Kier molecular flexibility index (Phi) is 2.84. The lowest BCUT2D eigenvalue weighted by Gasteiger charge is -2.42. The summed E-state index contributed by atoms with van der Waals surface area (Å²) < 4.78 is 0. The minimum absolute atomic E-state index is 0.0621. The number of aromatic nitrogens is 1. The van der Waals surface area contributed by atoms with Gasteiger partial charge in [-0.3, -0.25) is 4.98 Å². The van der Waals surface area contributed by atoms with Crippen LogP contribution < -0.4 is 5.32 Å². The SMILES string of the molecule is ClCC1(Nc2ccncc2Cl)CCC1. The zero-order valence-electron chi connectivity index (χ0n) is 7.76. The van der Waals surface area contributed by atoms with E-state index >= 15 is 0 Å². The minimum atomic E-state index is 0.0621. The molecule has 1 N–H and O–H groups in total. The van der Waals surface area contributed by atoms with Crippen LogP contribution >= 0.6 is 23.2 Å². The normalized spacial score (nSPS) is 18.7. The van der Waals surface area contributed by atoms with Crippen LogP contribution in [-0.2, 0) is 0 Å². The summed E-state index contributed by atoms with van der Waals surface area (Å²) in [5.74, 6) is 0.631. The van der Waals surface area contributed by atoms with Gasteiger partial charge in [-0.25, -0.2) is 0 Å². The van der Waals surface area contributed by atoms with Crippen molar-refractivity contribution >= 4 is 28.9 Å². The Bertz CT molecular complexity index is 318. The molecule has 1 fully saturated rings. The van der Waals surface area contributed by atoms with Gasteiger partial charge in [0.1, 0.15) is 0 Å². The van der Waals surface area contributed by atoms with E-state index in [0.29, 0.717) is 10.9 Å². The maximum atomic E-state index is 6.00. The Labute approximate surface area is 93.6 Å². The number of pyridine rings is 1. The van der Waals surface area contributed by atoms with Crippen LogP contribution in [0.3, 0.4) is 0 Å². The summed E-state index contributed by atoms with van der Waals surface area (Å²) in [6.07, 6.45) is 6.85. The maximum absolute atomic E-state index is 6.00. The molecule has 1 aliphatic carbocycles. The van der Waals surface area contributed by atoms with Crippen molar-refractivity contribution in [1.82, 2.24) is 4.98 Å². The van der Waals surface area contributed by atoms with Crippen LogP contribution in [0.1, 0.15) is 19.3 Å². The average Bonchev–Trinajstić information content (AvgIpc) is 2.14. The summed E-state index contributed by atoms with van der Waals surface area (Å²) in [7, 11) is 0. The molecule has 0 aliphatic heterocycles. The van der Waals surface area contributed by atoms with Gasteiger partial charge in [-0.05, 0) is 25.3 Å². The molecule has 0 atom stereocenters. The van der Waals surface area contributed by atoms with E-state index in [2.05, 4.69) is 10.3 Å². The number of halogens is 2. The van der Waals surface area contributed by atoms with Crippen molar-refractivity contribution in [3.8, 4) is 0 Å². The summed E-state index contributed by atoms with van der Waals surface area (Å²) in [6, 6.07) is 1.88. The first-order valence-electron chi connectivity index (χ1n) is 4.69. The lowest BCUT2D eigenvalue weighted by molar-refractivity contribution is 0.311. The monoisotopic (exact) mass is 230 g/mol. The number of nitrogens with zero attached hydrogens (tertiary/aromatic N) is 1. The minimum Gasteiger partial charge on any atom is -0.377 e. The molecule has 0 saturated heterocycles. The third-order valence-electron chi connectivity index (χ3n) is 2.74. The number of hydrogen-bond acceptors (Lipinski definition) is 2. The molecule has 1 heterocycles. The van der Waals surface area contributed by atoms with Crippen molar-refractivity contribution in [2.75, 3.05) is 11.2 Å². The molecule has 1 saturated carbocycles. The second-order valence-electron chi connectivity index (χ2n) is 3.75. The maximum Gasteiger partial charge on any atom is 0.0820 e. The highest BCUT2D eigenvalue weighted by atomic mass is 35.5. The topological polar surface area (TPSA) is 24.9 Å². The van der Waals surface area contributed by atoms with E-state index < -0.39 is 0 Å². The molecule has 0 unspecified atom stereocenters. The van der Waals surface area contributed by atoms with Gasteiger partial charge < -0.3 is 5.32 Å². The second kappa shape index (κ2) is 3.95. The smallest absolute Gasteiger partial charge is 0.0820 e. The highest BCUT2D eigenvalue weighted by Gasteiger charge is 2.36. The molecule has 1 aromatic heterocycles. The molecule has 1 aliphatic rings. The molecule has 1 aromatic rings. The van der Waals surface area contributed by atoms with Gasteiger partial charge in [0, 0.05) is 18.3 Å². The van der Waals surface area contributed by atoms with Crippen molar-refractivity contribution in [2.45, 2.75) is 24.8 Å². The van der Waals surface area contributed by atoms with Crippen molar-refractivity contribution < 1.29 is 0 Å². The van der Waals surface area contributed by atoms with Crippen LogP contribution in [0.5, 0.6) is 0 Å². The van der Waals surface area contributed by atoms with Gasteiger partial charge in [0.15, 0.2) is 0 Å². The van der Waals surface area contributed by atoms with E-state index in [1.165, 1.54) is 6.42 Å². The summed E-state index contributed by atoms with van der Waals surface area (Å²) in [5.41, 5.74) is 0.994. The van der Waals surface area contributed by atoms with E-state index in [4.69, 9.17) is 23.2 Å². The average molecular weight is 231 g/mol. The van der Waals surface area contributed by atoms with Gasteiger partial charge in [-0.2, -0.15) is 0 Å². The molecule has 0 aromatic carbocycles. The van der Waals surface area contributed by atoms with E-state index in [-0.39, 0.29) is 5.54 Å². The number of anilines is 1. The van der Waals surface area contributed by atoms with E-state index in [1.54, 1.807) is 12.4 Å². The van der Waals surface area contributed by atoms with Crippen LogP contribution in [0.4, 0.5) is 5.69 Å². The number of nitrogens with one attached hydrogen (secondary N) is 1. The molecular weight excluding hydrogens is 219 g/mol. The summed E-state index contributed by atoms with van der Waals surface area (Å²) in [4.78, 5) is 3.94. The lowest BCUT2D eigenvalue weighted by atomic mass is 9.78. The molecule has 76 valence electrons. The van der Waals surface area contributed by atoms with Gasteiger partial charge in [-0.1, -0.05) is 11.6 Å².